The number of aromatic nitrogens is 1. The van der Waals surface area contributed by atoms with Gasteiger partial charge in [0.25, 0.3) is 5.91 Å². The molecule has 0 aromatic carbocycles. The van der Waals surface area contributed by atoms with E-state index >= 15 is 0 Å². The molecule has 0 N–H and O–H groups in total. The van der Waals surface area contributed by atoms with Crippen molar-refractivity contribution in [2.45, 2.75) is 38.0 Å². The second-order valence-electron chi connectivity index (χ2n) is 5.89. The van der Waals surface area contributed by atoms with Gasteiger partial charge < -0.3 is 14.4 Å². The van der Waals surface area contributed by atoms with Gasteiger partial charge in [0.15, 0.2) is 0 Å². The summed E-state index contributed by atoms with van der Waals surface area (Å²) in [6, 6.07) is 1.98. The van der Waals surface area contributed by atoms with Gasteiger partial charge in [-0.05, 0) is 31.4 Å². The highest BCUT2D eigenvalue weighted by Crippen LogP contribution is 2.33. The molecule has 22 heavy (non-hydrogen) atoms. The monoisotopic (exact) mass is 302 g/mol. The first-order valence-electron chi connectivity index (χ1n) is 7.77. The molecule has 3 rings (SSSR count). The van der Waals surface area contributed by atoms with Crippen LogP contribution in [-0.4, -0.2) is 53.8 Å². The molecular formula is C17H22N2O3. The first kappa shape index (κ1) is 15.2. The molecule has 1 aliphatic heterocycles. The van der Waals surface area contributed by atoms with Gasteiger partial charge in [0.05, 0.1) is 30.9 Å². The van der Waals surface area contributed by atoms with Crippen molar-refractivity contribution in [3.05, 3.63) is 42.2 Å². The number of hydrogen-bond donors (Lipinski definition) is 0. The molecule has 2 heterocycles. The van der Waals surface area contributed by atoms with Crippen LogP contribution in [-0.2, 0) is 9.47 Å². The van der Waals surface area contributed by atoms with Crippen LogP contribution in [0.25, 0.3) is 0 Å². The molecule has 2 aliphatic rings. The molecule has 1 aromatic heterocycles. The van der Waals surface area contributed by atoms with Crippen LogP contribution in [0.1, 0.15) is 28.8 Å². The Bertz CT molecular complexity index is 561. The molecule has 0 radical (unpaired) electrons. The minimum atomic E-state index is -0.0320. The van der Waals surface area contributed by atoms with E-state index in [9.17, 15) is 4.79 Å². The predicted molar refractivity (Wildman–Crippen MR) is 82.7 cm³/mol. The number of amides is 1. The molecule has 0 bridgehead atoms. The Morgan fingerprint density at radius 3 is 3.18 bits per heavy atom. The molecule has 1 aromatic rings. The maximum Gasteiger partial charge on any atom is 0.255 e. The Morgan fingerprint density at radius 1 is 1.55 bits per heavy atom. The Kier molecular flexibility index (Phi) is 4.55. The van der Waals surface area contributed by atoms with Gasteiger partial charge in [-0.1, -0.05) is 6.08 Å². The number of pyridine rings is 1. The van der Waals surface area contributed by atoms with Crippen molar-refractivity contribution in [3.8, 4) is 0 Å². The summed E-state index contributed by atoms with van der Waals surface area (Å²) in [6.45, 7) is 7.33. The lowest BCUT2D eigenvalue weighted by molar-refractivity contribution is -0.100. The van der Waals surface area contributed by atoms with Crippen molar-refractivity contribution < 1.29 is 14.3 Å². The van der Waals surface area contributed by atoms with E-state index in [-0.39, 0.29) is 24.2 Å². The Balaban J connectivity index is 1.74. The third-order valence-electron chi connectivity index (χ3n) is 4.35. The molecule has 0 spiro atoms. The molecule has 3 atom stereocenters. The summed E-state index contributed by atoms with van der Waals surface area (Å²) in [5.41, 5.74) is 1.64. The standard InChI is InChI=1S/C17H22N2O3/c1-3-7-21-15-5-4-14-16(15)22-8-6-19(14)17(20)13-9-12(2)10-18-11-13/h3,9-11,14-16H,1,4-8H2,2H3/t14-,15-,16+/m0/s1. The van der Waals surface area contributed by atoms with Crippen LogP contribution in [0.15, 0.2) is 31.1 Å². The van der Waals surface area contributed by atoms with Gasteiger partial charge in [0, 0.05) is 18.9 Å². The van der Waals surface area contributed by atoms with Crippen molar-refractivity contribution in [1.82, 2.24) is 9.88 Å². The van der Waals surface area contributed by atoms with Crippen LogP contribution in [0.2, 0.25) is 0 Å². The lowest BCUT2D eigenvalue weighted by Gasteiger charge is -2.39. The van der Waals surface area contributed by atoms with E-state index in [1.54, 1.807) is 18.5 Å². The van der Waals surface area contributed by atoms with Crippen LogP contribution >= 0.6 is 0 Å². The van der Waals surface area contributed by atoms with Crippen molar-refractivity contribution in [3.63, 3.8) is 0 Å². The largest absolute Gasteiger partial charge is 0.372 e. The molecule has 1 aliphatic carbocycles. The average molecular weight is 302 g/mol. The number of fused-ring (bicyclic) bond motifs is 1. The zero-order chi connectivity index (χ0) is 15.5. The lowest BCUT2D eigenvalue weighted by atomic mass is 10.1. The average Bonchev–Trinajstić information content (AvgIpc) is 2.95. The highest BCUT2D eigenvalue weighted by Gasteiger charge is 2.45. The first-order valence-corrected chi connectivity index (χ1v) is 7.77. The van der Waals surface area contributed by atoms with E-state index in [4.69, 9.17) is 9.47 Å². The smallest absolute Gasteiger partial charge is 0.255 e. The fraction of sp³-hybridized carbons (Fsp3) is 0.529. The lowest BCUT2D eigenvalue weighted by Crippen LogP contribution is -2.53. The molecule has 1 saturated carbocycles. The van der Waals surface area contributed by atoms with Gasteiger partial charge in [-0.15, -0.1) is 6.58 Å². The summed E-state index contributed by atoms with van der Waals surface area (Å²) < 4.78 is 11.7. The summed E-state index contributed by atoms with van der Waals surface area (Å²) in [6.07, 6.45) is 6.99. The summed E-state index contributed by atoms with van der Waals surface area (Å²) in [5, 5.41) is 0. The number of aryl methyl sites for hydroxylation is 1. The van der Waals surface area contributed by atoms with Gasteiger partial charge in [0.1, 0.15) is 6.10 Å². The van der Waals surface area contributed by atoms with E-state index in [0.29, 0.717) is 25.3 Å². The Morgan fingerprint density at radius 2 is 2.41 bits per heavy atom. The number of rotatable bonds is 4. The number of ether oxygens (including phenoxy) is 2. The van der Waals surface area contributed by atoms with Gasteiger partial charge >= 0.3 is 0 Å². The minimum Gasteiger partial charge on any atom is -0.372 e. The number of morpholine rings is 1. The third kappa shape index (κ3) is 2.91. The SMILES string of the molecule is C=CCO[C@H]1CC[C@H]2[C@H]1OCCN2C(=O)c1cncc(C)c1. The van der Waals surface area contributed by atoms with Crippen LogP contribution in [0, 0.1) is 6.92 Å². The summed E-state index contributed by atoms with van der Waals surface area (Å²) in [4.78, 5) is 18.8. The predicted octanol–water partition coefficient (Wildman–Crippen LogP) is 1.96. The van der Waals surface area contributed by atoms with E-state index < -0.39 is 0 Å². The molecule has 0 unspecified atom stereocenters. The van der Waals surface area contributed by atoms with E-state index in [1.165, 1.54) is 0 Å². The fourth-order valence-corrected chi connectivity index (χ4v) is 3.38. The maximum atomic E-state index is 12.8. The second-order valence-corrected chi connectivity index (χ2v) is 5.89. The van der Waals surface area contributed by atoms with Crippen molar-refractivity contribution >= 4 is 5.91 Å². The van der Waals surface area contributed by atoms with Crippen LogP contribution in [0.4, 0.5) is 0 Å². The van der Waals surface area contributed by atoms with Crippen molar-refractivity contribution in [2.24, 2.45) is 0 Å². The van der Waals surface area contributed by atoms with Gasteiger partial charge in [-0.25, -0.2) is 0 Å². The highest BCUT2D eigenvalue weighted by atomic mass is 16.5. The molecule has 1 amide bonds. The highest BCUT2D eigenvalue weighted by molar-refractivity contribution is 5.94. The summed E-state index contributed by atoms with van der Waals surface area (Å²) >= 11 is 0. The third-order valence-corrected chi connectivity index (χ3v) is 4.35. The molecule has 118 valence electrons. The van der Waals surface area contributed by atoms with Gasteiger partial charge in [-0.2, -0.15) is 0 Å². The number of carbonyl (C=O) groups is 1. The normalized spacial score (nSPS) is 27.5. The van der Waals surface area contributed by atoms with Crippen LogP contribution in [0.5, 0.6) is 0 Å². The van der Waals surface area contributed by atoms with E-state index in [0.717, 1.165) is 18.4 Å². The molecule has 2 fully saturated rings. The van der Waals surface area contributed by atoms with E-state index in [2.05, 4.69) is 11.6 Å². The van der Waals surface area contributed by atoms with Gasteiger partial charge in [-0.3, -0.25) is 9.78 Å². The quantitative estimate of drug-likeness (QED) is 0.798. The fourth-order valence-electron chi connectivity index (χ4n) is 3.38. The number of nitrogens with zero attached hydrogens (tertiary/aromatic N) is 2. The second kappa shape index (κ2) is 6.58. The number of hydrogen-bond acceptors (Lipinski definition) is 4. The zero-order valence-corrected chi connectivity index (χ0v) is 12.9. The molecule has 5 heteroatoms. The van der Waals surface area contributed by atoms with Crippen molar-refractivity contribution in [1.29, 1.82) is 0 Å². The zero-order valence-electron chi connectivity index (χ0n) is 12.9. The van der Waals surface area contributed by atoms with Crippen LogP contribution in [0.3, 0.4) is 0 Å². The van der Waals surface area contributed by atoms with Gasteiger partial charge in [0.2, 0.25) is 0 Å². The first-order chi connectivity index (χ1) is 10.7. The van der Waals surface area contributed by atoms with Crippen LogP contribution < -0.4 is 0 Å². The molecule has 5 nitrogen and oxygen atoms in total. The summed E-state index contributed by atoms with van der Waals surface area (Å²) in [7, 11) is 0. The van der Waals surface area contributed by atoms with E-state index in [1.807, 2.05) is 17.9 Å². The number of carbonyl (C=O) groups excluding carboxylic acids is 1. The minimum absolute atomic E-state index is 0.0320. The summed E-state index contributed by atoms with van der Waals surface area (Å²) in [5.74, 6) is 0.0406. The molecular weight excluding hydrogens is 280 g/mol. The Hall–Kier alpha value is -1.72. The topological polar surface area (TPSA) is 51.7 Å². The van der Waals surface area contributed by atoms with Crippen molar-refractivity contribution in [2.75, 3.05) is 19.8 Å². The maximum absolute atomic E-state index is 12.8. The Labute approximate surface area is 130 Å². The molecule has 1 saturated heterocycles.